The second-order valence-electron chi connectivity index (χ2n) is 4.26. The molecule has 0 saturated heterocycles. The van der Waals surface area contributed by atoms with Crippen molar-refractivity contribution in [2.75, 3.05) is 6.61 Å². The van der Waals surface area contributed by atoms with Crippen molar-refractivity contribution in [3.8, 4) is 11.9 Å². The number of aryl methyl sites for hydroxylation is 2. The molecule has 0 aliphatic heterocycles. The van der Waals surface area contributed by atoms with Gasteiger partial charge in [0, 0.05) is 7.05 Å². The third kappa shape index (κ3) is 3.77. The van der Waals surface area contributed by atoms with Gasteiger partial charge in [-0.15, -0.1) is 0 Å². The SMILES string of the molecule is CCCCCCCOc1c(C#N)c(C)nn1C. The van der Waals surface area contributed by atoms with Crippen LogP contribution >= 0.6 is 0 Å². The normalized spacial score (nSPS) is 10.2. The van der Waals surface area contributed by atoms with Crippen molar-refractivity contribution < 1.29 is 4.74 Å². The van der Waals surface area contributed by atoms with E-state index in [2.05, 4.69) is 18.1 Å². The predicted octanol–water partition coefficient (Wildman–Crippen LogP) is 2.95. The highest BCUT2D eigenvalue weighted by Gasteiger charge is 2.13. The molecule has 1 aromatic rings. The zero-order chi connectivity index (χ0) is 12.7. The van der Waals surface area contributed by atoms with Gasteiger partial charge in [-0.25, -0.2) is 4.68 Å². The average molecular weight is 235 g/mol. The lowest BCUT2D eigenvalue weighted by atomic mass is 10.2. The van der Waals surface area contributed by atoms with Crippen molar-refractivity contribution in [1.29, 1.82) is 5.26 Å². The van der Waals surface area contributed by atoms with Crippen LogP contribution < -0.4 is 4.74 Å². The molecule has 0 atom stereocenters. The molecule has 0 radical (unpaired) electrons. The molecule has 0 amide bonds. The Hall–Kier alpha value is -1.50. The fourth-order valence-corrected chi connectivity index (χ4v) is 1.81. The monoisotopic (exact) mass is 235 g/mol. The van der Waals surface area contributed by atoms with E-state index in [1.54, 1.807) is 11.7 Å². The number of nitrogens with zero attached hydrogens (tertiary/aromatic N) is 3. The molecule has 0 N–H and O–H groups in total. The van der Waals surface area contributed by atoms with Gasteiger partial charge in [-0.05, 0) is 13.3 Å². The number of nitriles is 1. The van der Waals surface area contributed by atoms with Crippen LogP contribution in [-0.2, 0) is 7.05 Å². The van der Waals surface area contributed by atoms with Crippen LogP contribution in [0.4, 0.5) is 0 Å². The molecule has 0 fully saturated rings. The van der Waals surface area contributed by atoms with E-state index >= 15 is 0 Å². The molecule has 0 unspecified atom stereocenters. The van der Waals surface area contributed by atoms with Crippen LogP contribution in [-0.4, -0.2) is 16.4 Å². The van der Waals surface area contributed by atoms with Crippen LogP contribution in [0.25, 0.3) is 0 Å². The summed E-state index contributed by atoms with van der Waals surface area (Å²) >= 11 is 0. The molecular weight excluding hydrogens is 214 g/mol. The second kappa shape index (κ2) is 6.95. The van der Waals surface area contributed by atoms with Crippen LogP contribution in [0.5, 0.6) is 5.88 Å². The molecule has 4 nitrogen and oxygen atoms in total. The lowest BCUT2D eigenvalue weighted by Gasteiger charge is -2.06. The van der Waals surface area contributed by atoms with Crippen LogP contribution in [0.15, 0.2) is 0 Å². The van der Waals surface area contributed by atoms with Crippen molar-refractivity contribution in [1.82, 2.24) is 9.78 Å². The maximum absolute atomic E-state index is 9.00. The molecule has 1 heterocycles. The molecule has 94 valence electrons. The standard InChI is InChI=1S/C13H21N3O/c1-4-5-6-7-8-9-17-13-12(10-14)11(2)15-16(13)3/h4-9H2,1-3H3. The topological polar surface area (TPSA) is 50.8 Å². The molecule has 4 heteroatoms. The Balaban J connectivity index is 2.39. The van der Waals surface area contributed by atoms with Gasteiger partial charge in [0.25, 0.3) is 0 Å². The van der Waals surface area contributed by atoms with Gasteiger partial charge < -0.3 is 4.74 Å². The minimum absolute atomic E-state index is 0.557. The summed E-state index contributed by atoms with van der Waals surface area (Å²) in [4.78, 5) is 0. The summed E-state index contributed by atoms with van der Waals surface area (Å²) < 4.78 is 7.28. The van der Waals surface area contributed by atoms with Gasteiger partial charge in [0.15, 0.2) is 0 Å². The molecule has 0 aromatic carbocycles. The maximum atomic E-state index is 9.00. The van der Waals surface area contributed by atoms with Crippen LogP contribution in [0.2, 0.25) is 0 Å². The Morgan fingerprint density at radius 3 is 2.65 bits per heavy atom. The summed E-state index contributed by atoms with van der Waals surface area (Å²) in [6.07, 6.45) is 6.02. The highest BCUT2D eigenvalue weighted by Crippen LogP contribution is 2.20. The summed E-state index contributed by atoms with van der Waals surface area (Å²) in [5, 5.41) is 13.2. The van der Waals surface area contributed by atoms with Gasteiger partial charge in [-0.3, -0.25) is 0 Å². The fourth-order valence-electron chi connectivity index (χ4n) is 1.81. The Bertz CT molecular complexity index is 390. The number of unbranched alkanes of at least 4 members (excludes halogenated alkanes) is 4. The lowest BCUT2D eigenvalue weighted by Crippen LogP contribution is -2.03. The molecule has 1 rings (SSSR count). The second-order valence-corrected chi connectivity index (χ2v) is 4.26. The van der Waals surface area contributed by atoms with Crippen molar-refractivity contribution in [3.05, 3.63) is 11.3 Å². The lowest BCUT2D eigenvalue weighted by molar-refractivity contribution is 0.279. The van der Waals surface area contributed by atoms with E-state index in [0.717, 1.165) is 12.1 Å². The van der Waals surface area contributed by atoms with Gasteiger partial charge in [-0.2, -0.15) is 10.4 Å². The number of ether oxygens (including phenoxy) is 1. The molecule has 0 aliphatic rings. The van der Waals surface area contributed by atoms with E-state index < -0.39 is 0 Å². The first kappa shape index (κ1) is 13.6. The summed E-state index contributed by atoms with van der Waals surface area (Å²) in [5.41, 5.74) is 1.29. The molecule has 0 spiro atoms. The van der Waals surface area contributed by atoms with Crippen LogP contribution in [0, 0.1) is 18.3 Å². The largest absolute Gasteiger partial charge is 0.477 e. The van der Waals surface area contributed by atoms with Crippen LogP contribution in [0.1, 0.15) is 50.3 Å². The zero-order valence-electron chi connectivity index (χ0n) is 11.0. The van der Waals surface area contributed by atoms with E-state index in [4.69, 9.17) is 10.00 Å². The first-order valence-electron chi connectivity index (χ1n) is 6.27. The third-order valence-electron chi connectivity index (χ3n) is 2.77. The molecule has 0 saturated carbocycles. The molecule has 1 aromatic heterocycles. The van der Waals surface area contributed by atoms with Gasteiger partial charge in [0.2, 0.25) is 5.88 Å². The first-order chi connectivity index (χ1) is 8.20. The smallest absolute Gasteiger partial charge is 0.230 e. The summed E-state index contributed by atoms with van der Waals surface area (Å²) in [5.74, 6) is 0.598. The van der Waals surface area contributed by atoms with Crippen molar-refractivity contribution in [2.45, 2.75) is 46.0 Å². The van der Waals surface area contributed by atoms with E-state index in [0.29, 0.717) is 18.1 Å². The van der Waals surface area contributed by atoms with E-state index in [1.165, 1.54) is 25.7 Å². The third-order valence-corrected chi connectivity index (χ3v) is 2.77. The Labute approximate surface area is 103 Å². The Morgan fingerprint density at radius 2 is 2.00 bits per heavy atom. The molecule has 17 heavy (non-hydrogen) atoms. The Kier molecular flexibility index (Phi) is 5.55. The van der Waals surface area contributed by atoms with Gasteiger partial charge in [-0.1, -0.05) is 32.6 Å². The number of rotatable bonds is 7. The molecule has 0 aliphatic carbocycles. The average Bonchev–Trinajstić information content (AvgIpc) is 2.58. The van der Waals surface area contributed by atoms with E-state index in [1.807, 2.05) is 6.92 Å². The van der Waals surface area contributed by atoms with Crippen molar-refractivity contribution in [2.24, 2.45) is 7.05 Å². The number of hydrogen-bond donors (Lipinski definition) is 0. The highest BCUT2D eigenvalue weighted by molar-refractivity contribution is 5.41. The number of hydrogen-bond acceptors (Lipinski definition) is 3. The maximum Gasteiger partial charge on any atom is 0.230 e. The Morgan fingerprint density at radius 1 is 1.29 bits per heavy atom. The summed E-state index contributed by atoms with van der Waals surface area (Å²) in [6.45, 7) is 4.69. The zero-order valence-corrected chi connectivity index (χ0v) is 11.0. The first-order valence-corrected chi connectivity index (χ1v) is 6.27. The quantitative estimate of drug-likeness (QED) is 0.683. The predicted molar refractivity (Wildman–Crippen MR) is 66.9 cm³/mol. The van der Waals surface area contributed by atoms with Gasteiger partial charge in [0.1, 0.15) is 11.6 Å². The fraction of sp³-hybridized carbons (Fsp3) is 0.692. The van der Waals surface area contributed by atoms with Crippen molar-refractivity contribution in [3.63, 3.8) is 0 Å². The van der Waals surface area contributed by atoms with Gasteiger partial charge >= 0.3 is 0 Å². The van der Waals surface area contributed by atoms with Crippen LogP contribution in [0.3, 0.4) is 0 Å². The molecular formula is C13H21N3O. The number of aromatic nitrogens is 2. The highest BCUT2D eigenvalue weighted by atomic mass is 16.5. The van der Waals surface area contributed by atoms with E-state index in [-0.39, 0.29) is 0 Å². The summed E-state index contributed by atoms with van der Waals surface area (Å²) in [7, 11) is 1.81. The van der Waals surface area contributed by atoms with Gasteiger partial charge in [0.05, 0.1) is 12.3 Å². The van der Waals surface area contributed by atoms with Crippen molar-refractivity contribution >= 4 is 0 Å². The summed E-state index contributed by atoms with van der Waals surface area (Å²) in [6, 6.07) is 2.14. The molecule has 0 bridgehead atoms. The minimum atomic E-state index is 0.557. The van der Waals surface area contributed by atoms with E-state index in [9.17, 15) is 0 Å². The minimum Gasteiger partial charge on any atom is -0.477 e.